The first-order chi connectivity index (χ1) is 10.1. The van der Waals surface area contributed by atoms with Gasteiger partial charge in [-0.05, 0) is 53.1 Å². The zero-order chi connectivity index (χ0) is 15.0. The molecule has 0 aromatic heterocycles. The molecule has 21 heavy (non-hydrogen) atoms. The molecule has 0 saturated heterocycles. The molecule has 0 saturated carbocycles. The molecule has 1 heteroatoms. The molecule has 1 aliphatic heterocycles. The van der Waals surface area contributed by atoms with Gasteiger partial charge >= 0.3 is 0 Å². The Bertz CT molecular complexity index is 665. The van der Waals surface area contributed by atoms with Crippen molar-refractivity contribution in [2.75, 3.05) is 11.9 Å². The lowest BCUT2D eigenvalue weighted by Gasteiger charge is -2.30. The lowest BCUT2D eigenvalue weighted by Crippen LogP contribution is -2.21. The topological polar surface area (TPSA) is 3.24 Å². The zero-order valence-electron chi connectivity index (χ0n) is 13.2. The van der Waals surface area contributed by atoms with Crippen molar-refractivity contribution in [3.63, 3.8) is 0 Å². The van der Waals surface area contributed by atoms with Crippen molar-refractivity contribution in [2.45, 2.75) is 32.6 Å². The third kappa shape index (κ3) is 2.61. The minimum absolute atomic E-state index is 0.585. The van der Waals surface area contributed by atoms with E-state index in [1.807, 2.05) is 0 Å². The third-order valence-corrected chi connectivity index (χ3v) is 4.51. The van der Waals surface area contributed by atoms with E-state index in [4.69, 9.17) is 0 Å². The number of allylic oxidation sites excluding steroid dienone is 1. The van der Waals surface area contributed by atoms with Gasteiger partial charge in [0.25, 0.3) is 0 Å². The fourth-order valence-corrected chi connectivity index (χ4v) is 2.97. The first-order valence-corrected chi connectivity index (χ1v) is 7.71. The maximum Gasteiger partial charge on any atom is 0.0438 e. The number of hydrogen-bond donors (Lipinski definition) is 0. The van der Waals surface area contributed by atoms with Crippen LogP contribution in [0.25, 0.3) is 11.1 Å². The average molecular weight is 277 g/mol. The third-order valence-electron chi connectivity index (χ3n) is 4.51. The van der Waals surface area contributed by atoms with Gasteiger partial charge in [-0.1, -0.05) is 50.8 Å². The van der Waals surface area contributed by atoms with Crippen LogP contribution in [0.5, 0.6) is 0 Å². The molecule has 0 amide bonds. The molecule has 108 valence electrons. The predicted octanol–water partition coefficient (Wildman–Crippen LogP) is 5.37. The second kappa shape index (κ2) is 5.40. The Kier molecular flexibility index (Phi) is 3.59. The van der Waals surface area contributed by atoms with Crippen LogP contribution in [-0.4, -0.2) is 7.05 Å². The molecule has 0 aliphatic carbocycles. The number of hydrogen-bond acceptors (Lipinski definition) is 1. The number of anilines is 1. The van der Waals surface area contributed by atoms with Crippen molar-refractivity contribution in [1.29, 1.82) is 0 Å². The van der Waals surface area contributed by atoms with E-state index >= 15 is 0 Å². The van der Waals surface area contributed by atoms with Gasteiger partial charge in [-0.2, -0.15) is 0 Å². The van der Waals surface area contributed by atoms with E-state index in [9.17, 15) is 0 Å². The molecule has 1 nitrogen and oxygen atoms in total. The summed E-state index contributed by atoms with van der Waals surface area (Å²) in [4.78, 5) is 2.21. The van der Waals surface area contributed by atoms with Crippen LogP contribution in [0, 0.1) is 0 Å². The quantitative estimate of drug-likeness (QED) is 0.713. The molecule has 0 N–H and O–H groups in total. The molecule has 0 bridgehead atoms. The van der Waals surface area contributed by atoms with Crippen molar-refractivity contribution in [1.82, 2.24) is 0 Å². The summed E-state index contributed by atoms with van der Waals surface area (Å²) < 4.78 is 0. The summed E-state index contributed by atoms with van der Waals surface area (Å²) in [6, 6.07) is 15.7. The highest BCUT2D eigenvalue weighted by molar-refractivity contribution is 5.71. The van der Waals surface area contributed by atoms with Crippen LogP contribution in [0.1, 0.15) is 37.3 Å². The molecule has 3 rings (SSSR count). The monoisotopic (exact) mass is 277 g/mol. The standard InChI is InChI=1S/C20H23N/c1-14(2)16-7-9-17(10-8-16)18-11-12-20-19(13-18)6-5-15(3)21(20)4/h7-14H,3,5-6H2,1-2,4H3. The van der Waals surface area contributed by atoms with E-state index in [0.717, 1.165) is 12.8 Å². The van der Waals surface area contributed by atoms with Gasteiger partial charge in [-0.25, -0.2) is 0 Å². The van der Waals surface area contributed by atoms with E-state index in [0.29, 0.717) is 5.92 Å². The van der Waals surface area contributed by atoms with E-state index in [1.165, 1.54) is 33.6 Å². The lowest BCUT2D eigenvalue weighted by molar-refractivity contribution is 0.844. The highest BCUT2D eigenvalue weighted by atomic mass is 15.1. The van der Waals surface area contributed by atoms with Gasteiger partial charge in [0.05, 0.1) is 0 Å². The second-order valence-corrected chi connectivity index (χ2v) is 6.25. The molecular formula is C20H23N. The van der Waals surface area contributed by atoms with Crippen molar-refractivity contribution in [2.24, 2.45) is 0 Å². The molecule has 0 spiro atoms. The number of rotatable bonds is 2. The van der Waals surface area contributed by atoms with Crippen molar-refractivity contribution in [3.05, 3.63) is 65.9 Å². The number of aryl methyl sites for hydroxylation is 1. The van der Waals surface area contributed by atoms with Crippen molar-refractivity contribution < 1.29 is 0 Å². The van der Waals surface area contributed by atoms with Gasteiger partial charge < -0.3 is 4.90 Å². The first kappa shape index (κ1) is 13.9. The average Bonchev–Trinajstić information content (AvgIpc) is 2.51. The van der Waals surface area contributed by atoms with Crippen LogP contribution in [0.4, 0.5) is 5.69 Å². The fraction of sp³-hybridized carbons (Fsp3) is 0.300. The number of nitrogens with zero attached hydrogens (tertiary/aromatic N) is 1. The summed E-state index contributed by atoms with van der Waals surface area (Å²) in [6.07, 6.45) is 2.15. The van der Waals surface area contributed by atoms with Crippen LogP contribution >= 0.6 is 0 Å². The van der Waals surface area contributed by atoms with Crippen LogP contribution in [0.15, 0.2) is 54.7 Å². The van der Waals surface area contributed by atoms with E-state index in [2.05, 4.69) is 74.8 Å². The Balaban J connectivity index is 1.95. The highest BCUT2D eigenvalue weighted by Gasteiger charge is 2.17. The summed E-state index contributed by atoms with van der Waals surface area (Å²) in [5.74, 6) is 0.585. The summed E-state index contributed by atoms with van der Waals surface area (Å²) in [6.45, 7) is 8.59. The molecule has 1 heterocycles. The summed E-state index contributed by atoms with van der Waals surface area (Å²) in [7, 11) is 2.11. The van der Waals surface area contributed by atoms with E-state index in [1.54, 1.807) is 0 Å². The minimum atomic E-state index is 0.585. The van der Waals surface area contributed by atoms with E-state index in [-0.39, 0.29) is 0 Å². The fourth-order valence-electron chi connectivity index (χ4n) is 2.97. The van der Waals surface area contributed by atoms with Crippen LogP contribution in [-0.2, 0) is 6.42 Å². The summed E-state index contributed by atoms with van der Waals surface area (Å²) in [5.41, 5.74) is 7.94. The van der Waals surface area contributed by atoms with Crippen molar-refractivity contribution >= 4 is 5.69 Å². The van der Waals surface area contributed by atoms with Crippen LogP contribution in [0.3, 0.4) is 0 Å². The van der Waals surface area contributed by atoms with Gasteiger partial charge in [0.1, 0.15) is 0 Å². The van der Waals surface area contributed by atoms with Gasteiger partial charge in [0.15, 0.2) is 0 Å². The van der Waals surface area contributed by atoms with Gasteiger partial charge in [-0.3, -0.25) is 0 Å². The maximum absolute atomic E-state index is 4.13. The van der Waals surface area contributed by atoms with Gasteiger partial charge in [-0.15, -0.1) is 0 Å². The summed E-state index contributed by atoms with van der Waals surface area (Å²) >= 11 is 0. The first-order valence-electron chi connectivity index (χ1n) is 7.71. The van der Waals surface area contributed by atoms with Gasteiger partial charge in [0, 0.05) is 18.4 Å². The zero-order valence-corrected chi connectivity index (χ0v) is 13.2. The summed E-state index contributed by atoms with van der Waals surface area (Å²) in [5, 5.41) is 0. The highest BCUT2D eigenvalue weighted by Crippen LogP contribution is 2.34. The smallest absolute Gasteiger partial charge is 0.0438 e. The van der Waals surface area contributed by atoms with Crippen LogP contribution < -0.4 is 4.90 Å². The Morgan fingerprint density at radius 1 is 0.952 bits per heavy atom. The Labute approximate surface area is 127 Å². The largest absolute Gasteiger partial charge is 0.349 e. The van der Waals surface area contributed by atoms with Crippen LogP contribution in [0.2, 0.25) is 0 Å². The molecule has 0 unspecified atom stereocenters. The number of fused-ring (bicyclic) bond motifs is 1. The molecular weight excluding hydrogens is 254 g/mol. The normalized spacial score (nSPS) is 14.5. The number of benzene rings is 2. The Hall–Kier alpha value is -2.02. The second-order valence-electron chi connectivity index (χ2n) is 6.25. The Morgan fingerprint density at radius 3 is 2.29 bits per heavy atom. The van der Waals surface area contributed by atoms with Gasteiger partial charge in [0.2, 0.25) is 0 Å². The van der Waals surface area contributed by atoms with Crippen molar-refractivity contribution in [3.8, 4) is 11.1 Å². The predicted molar refractivity (Wildman–Crippen MR) is 91.8 cm³/mol. The molecule has 0 radical (unpaired) electrons. The molecule has 2 aromatic carbocycles. The maximum atomic E-state index is 4.13. The Morgan fingerprint density at radius 2 is 1.62 bits per heavy atom. The lowest BCUT2D eigenvalue weighted by atomic mass is 9.94. The molecule has 2 aromatic rings. The van der Waals surface area contributed by atoms with E-state index < -0.39 is 0 Å². The SMILES string of the molecule is C=C1CCc2cc(-c3ccc(C(C)C)cc3)ccc2N1C. The minimum Gasteiger partial charge on any atom is -0.349 e. The molecule has 1 aliphatic rings. The molecule has 0 atom stereocenters. The molecule has 0 fully saturated rings.